The highest BCUT2D eigenvalue weighted by Gasteiger charge is 2.15. The van der Waals surface area contributed by atoms with Gasteiger partial charge in [-0.05, 0) is 24.3 Å². The Morgan fingerprint density at radius 2 is 1.62 bits per heavy atom. The van der Waals surface area contributed by atoms with Crippen molar-refractivity contribution in [2.24, 2.45) is 16.1 Å². The van der Waals surface area contributed by atoms with Crippen LogP contribution in [0.25, 0.3) is 0 Å². The number of hydrogen-bond donors (Lipinski definition) is 1. The molecule has 0 aliphatic heterocycles. The number of anilines is 1. The first-order valence-corrected chi connectivity index (χ1v) is 5.43. The lowest BCUT2D eigenvalue weighted by Gasteiger charge is -2.17. The Morgan fingerprint density at radius 1 is 1.12 bits per heavy atom. The maximum absolute atomic E-state index is 5.92. The minimum absolute atomic E-state index is 0.0831. The molecule has 0 fully saturated rings. The average Bonchev–Trinajstić information content (AvgIpc) is 2.17. The normalized spacial score (nSPS) is 12.7. The van der Waals surface area contributed by atoms with Crippen LogP contribution in [0.2, 0.25) is 0 Å². The molecule has 0 aliphatic rings. The summed E-state index contributed by atoms with van der Waals surface area (Å²) in [5.41, 5.74) is 7.90. The predicted molar refractivity (Wildman–Crippen MR) is 71.5 cm³/mol. The molecule has 0 spiro atoms. The van der Waals surface area contributed by atoms with E-state index in [0.717, 1.165) is 11.4 Å². The molecule has 0 aromatic heterocycles. The summed E-state index contributed by atoms with van der Waals surface area (Å²) in [5.74, 6) is 0.658. The van der Waals surface area contributed by atoms with Crippen molar-refractivity contribution in [2.75, 3.05) is 19.0 Å². The van der Waals surface area contributed by atoms with Crippen molar-refractivity contribution in [3.8, 4) is 0 Å². The molecule has 2 N–H and O–H groups in total. The van der Waals surface area contributed by atoms with Crippen molar-refractivity contribution in [3.63, 3.8) is 0 Å². The summed E-state index contributed by atoms with van der Waals surface area (Å²) in [6.07, 6.45) is 0. The van der Waals surface area contributed by atoms with Gasteiger partial charge in [0.25, 0.3) is 0 Å². The summed E-state index contributed by atoms with van der Waals surface area (Å²) in [5, 5.41) is 0. The SMILES string of the molecule is CN(C)c1ccc(N=C(N)C(C)(C)C)cc1. The average molecular weight is 219 g/mol. The van der Waals surface area contributed by atoms with Gasteiger partial charge in [-0.1, -0.05) is 20.8 Å². The second kappa shape index (κ2) is 4.56. The van der Waals surface area contributed by atoms with Crippen LogP contribution in [0.4, 0.5) is 11.4 Å². The maximum atomic E-state index is 5.92. The van der Waals surface area contributed by atoms with E-state index in [4.69, 9.17) is 5.73 Å². The lowest BCUT2D eigenvalue weighted by atomic mass is 9.95. The van der Waals surface area contributed by atoms with E-state index in [1.165, 1.54) is 0 Å². The quantitative estimate of drug-likeness (QED) is 0.614. The van der Waals surface area contributed by atoms with Crippen molar-refractivity contribution in [3.05, 3.63) is 24.3 Å². The summed E-state index contributed by atoms with van der Waals surface area (Å²) in [4.78, 5) is 6.46. The first-order valence-electron chi connectivity index (χ1n) is 5.43. The van der Waals surface area contributed by atoms with E-state index in [-0.39, 0.29) is 5.41 Å². The molecule has 16 heavy (non-hydrogen) atoms. The first-order chi connectivity index (χ1) is 7.30. The maximum Gasteiger partial charge on any atom is 0.105 e. The molecule has 0 radical (unpaired) electrons. The van der Waals surface area contributed by atoms with Crippen LogP contribution in [0.15, 0.2) is 29.3 Å². The van der Waals surface area contributed by atoms with Crippen LogP contribution < -0.4 is 10.6 Å². The number of nitrogens with two attached hydrogens (primary N) is 1. The molecule has 0 amide bonds. The molecule has 0 unspecified atom stereocenters. The van der Waals surface area contributed by atoms with Crippen molar-refractivity contribution >= 4 is 17.2 Å². The Balaban J connectivity index is 2.92. The van der Waals surface area contributed by atoms with Crippen molar-refractivity contribution in [2.45, 2.75) is 20.8 Å². The second-order valence-electron chi connectivity index (χ2n) is 5.16. The largest absolute Gasteiger partial charge is 0.387 e. The standard InChI is InChI=1S/C13H21N3/c1-13(2,3)12(14)15-10-6-8-11(9-7-10)16(4)5/h6-9H,1-5H3,(H2,14,15). The van der Waals surface area contributed by atoms with Gasteiger partial charge in [-0.25, -0.2) is 4.99 Å². The Morgan fingerprint density at radius 3 is 2.00 bits per heavy atom. The molecule has 3 nitrogen and oxygen atoms in total. The zero-order valence-corrected chi connectivity index (χ0v) is 10.8. The van der Waals surface area contributed by atoms with Gasteiger partial charge >= 0.3 is 0 Å². The minimum Gasteiger partial charge on any atom is -0.387 e. The zero-order chi connectivity index (χ0) is 12.3. The fourth-order valence-electron chi connectivity index (χ4n) is 1.13. The molecule has 0 saturated carbocycles. The molecular formula is C13H21N3. The minimum atomic E-state index is -0.0831. The van der Waals surface area contributed by atoms with Crippen molar-refractivity contribution in [1.29, 1.82) is 0 Å². The van der Waals surface area contributed by atoms with E-state index in [1.807, 2.05) is 38.4 Å². The Labute approximate surface area is 98.0 Å². The van der Waals surface area contributed by atoms with E-state index in [2.05, 4.69) is 30.7 Å². The van der Waals surface area contributed by atoms with Gasteiger partial charge in [0, 0.05) is 25.2 Å². The second-order valence-corrected chi connectivity index (χ2v) is 5.16. The summed E-state index contributed by atoms with van der Waals surface area (Å²) >= 11 is 0. The third-order valence-corrected chi connectivity index (χ3v) is 2.38. The van der Waals surface area contributed by atoms with E-state index < -0.39 is 0 Å². The number of amidine groups is 1. The molecule has 1 aromatic carbocycles. The van der Waals surface area contributed by atoms with Crippen LogP contribution in [0.3, 0.4) is 0 Å². The predicted octanol–water partition coefficient (Wildman–Crippen LogP) is 2.79. The highest BCUT2D eigenvalue weighted by molar-refractivity contribution is 5.87. The van der Waals surface area contributed by atoms with Crippen LogP contribution in [0.1, 0.15) is 20.8 Å². The topological polar surface area (TPSA) is 41.6 Å². The van der Waals surface area contributed by atoms with Gasteiger partial charge in [-0.15, -0.1) is 0 Å². The van der Waals surface area contributed by atoms with Crippen LogP contribution in [0.5, 0.6) is 0 Å². The lowest BCUT2D eigenvalue weighted by molar-refractivity contribution is 0.585. The fourth-order valence-corrected chi connectivity index (χ4v) is 1.13. The van der Waals surface area contributed by atoms with E-state index in [0.29, 0.717) is 5.84 Å². The van der Waals surface area contributed by atoms with Crippen LogP contribution in [-0.2, 0) is 0 Å². The molecule has 3 heteroatoms. The molecular weight excluding hydrogens is 198 g/mol. The first kappa shape index (κ1) is 12.6. The molecule has 0 atom stereocenters. The highest BCUT2D eigenvalue weighted by atomic mass is 15.1. The van der Waals surface area contributed by atoms with Gasteiger partial charge in [0.1, 0.15) is 5.84 Å². The summed E-state index contributed by atoms with van der Waals surface area (Å²) in [7, 11) is 4.03. The smallest absolute Gasteiger partial charge is 0.105 e. The zero-order valence-electron chi connectivity index (χ0n) is 10.8. The van der Waals surface area contributed by atoms with Crippen molar-refractivity contribution < 1.29 is 0 Å². The summed E-state index contributed by atoms with van der Waals surface area (Å²) < 4.78 is 0. The van der Waals surface area contributed by atoms with Crippen molar-refractivity contribution in [1.82, 2.24) is 0 Å². The molecule has 0 heterocycles. The van der Waals surface area contributed by atoms with Gasteiger partial charge in [0.05, 0.1) is 5.69 Å². The van der Waals surface area contributed by atoms with Gasteiger partial charge in [0.2, 0.25) is 0 Å². The molecule has 1 rings (SSSR count). The number of benzene rings is 1. The Bertz CT molecular complexity index is 369. The molecule has 1 aromatic rings. The highest BCUT2D eigenvalue weighted by Crippen LogP contribution is 2.21. The number of rotatable bonds is 2. The number of nitrogens with zero attached hydrogens (tertiary/aromatic N) is 2. The summed E-state index contributed by atoms with van der Waals surface area (Å²) in [6, 6.07) is 8.03. The lowest BCUT2D eigenvalue weighted by Crippen LogP contribution is -2.28. The molecule has 88 valence electrons. The Hall–Kier alpha value is -1.51. The third-order valence-electron chi connectivity index (χ3n) is 2.38. The monoisotopic (exact) mass is 219 g/mol. The molecule has 0 saturated heterocycles. The van der Waals surface area contributed by atoms with Crippen LogP contribution >= 0.6 is 0 Å². The van der Waals surface area contributed by atoms with Crippen LogP contribution in [0, 0.1) is 5.41 Å². The van der Waals surface area contributed by atoms with Gasteiger partial charge in [-0.2, -0.15) is 0 Å². The van der Waals surface area contributed by atoms with E-state index >= 15 is 0 Å². The van der Waals surface area contributed by atoms with Gasteiger partial charge < -0.3 is 10.6 Å². The van der Waals surface area contributed by atoms with E-state index in [9.17, 15) is 0 Å². The fraction of sp³-hybridized carbons (Fsp3) is 0.462. The molecule has 0 aliphatic carbocycles. The van der Waals surface area contributed by atoms with E-state index in [1.54, 1.807) is 0 Å². The number of hydrogen-bond acceptors (Lipinski definition) is 2. The van der Waals surface area contributed by atoms with Gasteiger partial charge in [-0.3, -0.25) is 0 Å². The summed E-state index contributed by atoms with van der Waals surface area (Å²) in [6.45, 7) is 6.17. The third kappa shape index (κ3) is 3.26. The molecule has 0 bridgehead atoms. The van der Waals surface area contributed by atoms with Crippen LogP contribution in [-0.4, -0.2) is 19.9 Å². The number of aliphatic imine (C=N–C) groups is 1. The Kier molecular flexibility index (Phi) is 3.58. The van der Waals surface area contributed by atoms with Gasteiger partial charge in [0.15, 0.2) is 0 Å².